The van der Waals surface area contributed by atoms with Crippen LogP contribution < -0.4 is 0 Å². The summed E-state index contributed by atoms with van der Waals surface area (Å²) < 4.78 is 34.7. The summed E-state index contributed by atoms with van der Waals surface area (Å²) in [6.07, 6.45) is 4.90. The third-order valence-corrected chi connectivity index (χ3v) is 9.02. The normalized spacial score (nSPS) is 43.5. The van der Waals surface area contributed by atoms with Crippen LogP contribution in [0.1, 0.15) is 58.8 Å². The smallest absolute Gasteiger partial charge is 0.381 e. The Balaban J connectivity index is 1.66. The average molecular weight is 441 g/mol. The topological polar surface area (TPSA) is 135 Å². The molecule has 0 aromatic carbocycles. The Labute approximate surface area is 176 Å². The molecule has 0 amide bonds. The van der Waals surface area contributed by atoms with Crippen molar-refractivity contribution in [3.8, 4) is 0 Å². The predicted octanol–water partition coefficient (Wildman–Crippen LogP) is 1.82. The van der Waals surface area contributed by atoms with E-state index in [-0.39, 0.29) is 47.6 Å². The molecule has 0 aromatic rings. The van der Waals surface area contributed by atoms with Gasteiger partial charge in [-0.3, -0.25) is 18.9 Å². The molecule has 0 bridgehead atoms. The fourth-order valence-corrected chi connectivity index (χ4v) is 7.35. The number of rotatable bonds is 4. The largest absolute Gasteiger partial charge is 0.397 e. The highest BCUT2D eigenvalue weighted by molar-refractivity contribution is 7.80. The molecular weight excluding hydrogens is 412 g/mol. The van der Waals surface area contributed by atoms with Gasteiger partial charge in [0.1, 0.15) is 18.0 Å². The Morgan fingerprint density at radius 2 is 1.90 bits per heavy atom. The quantitative estimate of drug-likeness (QED) is 0.632. The Kier molecular flexibility index (Phi) is 4.93. The molecule has 0 aromatic heterocycles. The van der Waals surface area contributed by atoms with Crippen molar-refractivity contribution >= 4 is 27.7 Å². The van der Waals surface area contributed by atoms with E-state index in [1.165, 1.54) is 0 Å². The second-order valence-electron chi connectivity index (χ2n) is 9.91. The molecular formula is C21H28O8S. The summed E-state index contributed by atoms with van der Waals surface area (Å²) in [4.78, 5) is 38.1. The lowest BCUT2D eigenvalue weighted by atomic mass is 9.46. The zero-order valence-electron chi connectivity index (χ0n) is 17.2. The van der Waals surface area contributed by atoms with Crippen LogP contribution >= 0.6 is 0 Å². The first-order chi connectivity index (χ1) is 13.8. The fourth-order valence-electron chi connectivity index (χ4n) is 7.09. The first kappa shape index (κ1) is 21.8. The Morgan fingerprint density at radius 3 is 2.57 bits per heavy atom. The lowest BCUT2D eigenvalue weighted by Gasteiger charge is -2.57. The molecule has 0 heterocycles. The first-order valence-electron chi connectivity index (χ1n) is 10.5. The van der Waals surface area contributed by atoms with Gasteiger partial charge in [-0.15, -0.1) is 0 Å². The highest BCUT2D eigenvalue weighted by atomic mass is 32.3. The number of allylic oxidation sites excluding steroid dienone is 1. The summed E-state index contributed by atoms with van der Waals surface area (Å²) in [6.45, 7) is 2.84. The lowest BCUT2D eigenvalue weighted by molar-refractivity contribution is -0.170. The van der Waals surface area contributed by atoms with Gasteiger partial charge in [0.05, 0.1) is 0 Å². The molecule has 2 N–H and O–H groups in total. The maximum Gasteiger partial charge on any atom is 0.397 e. The molecule has 0 unspecified atom stereocenters. The Morgan fingerprint density at radius 1 is 1.20 bits per heavy atom. The minimum Gasteiger partial charge on any atom is -0.381 e. The van der Waals surface area contributed by atoms with E-state index in [4.69, 9.17) is 4.55 Å². The summed E-state index contributed by atoms with van der Waals surface area (Å²) in [6, 6.07) is 0. The van der Waals surface area contributed by atoms with Crippen molar-refractivity contribution in [2.75, 3.05) is 6.61 Å². The second kappa shape index (κ2) is 6.79. The molecule has 3 fully saturated rings. The van der Waals surface area contributed by atoms with Crippen molar-refractivity contribution in [2.45, 2.75) is 64.4 Å². The number of fused-ring (bicyclic) bond motifs is 5. The molecule has 166 valence electrons. The summed E-state index contributed by atoms with van der Waals surface area (Å²) in [5, 5.41) is 11.3. The molecule has 4 aliphatic carbocycles. The van der Waals surface area contributed by atoms with E-state index >= 15 is 0 Å². The molecule has 6 atom stereocenters. The van der Waals surface area contributed by atoms with Gasteiger partial charge in [-0.2, -0.15) is 8.42 Å². The molecule has 0 radical (unpaired) electrons. The lowest BCUT2D eigenvalue weighted by Crippen LogP contribution is -2.61. The van der Waals surface area contributed by atoms with Crippen molar-refractivity contribution in [2.24, 2.45) is 28.6 Å². The molecule has 4 rings (SSSR count). The Bertz CT molecular complexity index is 952. The van der Waals surface area contributed by atoms with Crippen LogP contribution in [0.15, 0.2) is 11.6 Å². The summed E-state index contributed by atoms with van der Waals surface area (Å²) in [7, 11) is -4.81. The number of hydrogen-bond acceptors (Lipinski definition) is 7. The molecule has 0 aliphatic heterocycles. The zero-order valence-corrected chi connectivity index (χ0v) is 18.0. The monoisotopic (exact) mass is 440 g/mol. The molecule has 0 spiro atoms. The average Bonchev–Trinajstić information content (AvgIpc) is 2.91. The summed E-state index contributed by atoms with van der Waals surface area (Å²) in [5.41, 5.74) is -2.23. The van der Waals surface area contributed by atoms with Crippen LogP contribution in [0.2, 0.25) is 0 Å². The Hall–Kier alpha value is -1.42. The van der Waals surface area contributed by atoms with Gasteiger partial charge in [-0.25, -0.2) is 4.18 Å². The second-order valence-corrected chi connectivity index (χ2v) is 11.0. The van der Waals surface area contributed by atoms with E-state index in [2.05, 4.69) is 11.1 Å². The molecule has 30 heavy (non-hydrogen) atoms. The van der Waals surface area contributed by atoms with Gasteiger partial charge in [0.15, 0.2) is 11.6 Å². The third kappa shape index (κ3) is 3.04. The van der Waals surface area contributed by atoms with Gasteiger partial charge in [0.25, 0.3) is 0 Å². The summed E-state index contributed by atoms with van der Waals surface area (Å²) in [5.74, 6) is -1.05. The highest BCUT2D eigenvalue weighted by Gasteiger charge is 2.68. The molecule has 3 saturated carbocycles. The van der Waals surface area contributed by atoms with Crippen LogP contribution in [0.25, 0.3) is 0 Å². The van der Waals surface area contributed by atoms with Gasteiger partial charge in [-0.1, -0.05) is 19.4 Å². The predicted molar refractivity (Wildman–Crippen MR) is 105 cm³/mol. The molecule has 4 aliphatic rings. The number of carbonyl (C=O) groups excluding carboxylic acids is 3. The van der Waals surface area contributed by atoms with Crippen molar-refractivity contribution in [1.82, 2.24) is 0 Å². The maximum atomic E-state index is 13.4. The first-order valence-corrected chi connectivity index (χ1v) is 11.8. The van der Waals surface area contributed by atoms with Crippen molar-refractivity contribution in [3.63, 3.8) is 0 Å². The minimum atomic E-state index is -4.81. The van der Waals surface area contributed by atoms with Gasteiger partial charge in [0.2, 0.25) is 0 Å². The van der Waals surface area contributed by atoms with E-state index < -0.39 is 33.8 Å². The molecule has 9 heteroatoms. The number of ketones is 3. The van der Waals surface area contributed by atoms with E-state index in [0.717, 1.165) is 18.4 Å². The van der Waals surface area contributed by atoms with Gasteiger partial charge >= 0.3 is 10.4 Å². The van der Waals surface area contributed by atoms with Crippen LogP contribution in [-0.2, 0) is 29.0 Å². The van der Waals surface area contributed by atoms with Gasteiger partial charge in [0, 0.05) is 24.2 Å². The molecule has 8 nitrogen and oxygen atoms in total. The van der Waals surface area contributed by atoms with Crippen molar-refractivity contribution < 1.29 is 36.6 Å². The standard InChI is InChI=1S/C21H28O8S/c1-19-7-5-13(22)9-12(19)3-4-14-15-6-8-21(25,17(24)11-29-30(26,27)28)20(15,2)10-16(23)18(14)19/h9,14-15,18,25H,3-8,10-11H2,1-2H3,(H,26,27,28)/t14-,15-,18+,19-,20-,21-/m0/s1. The van der Waals surface area contributed by atoms with Gasteiger partial charge in [-0.05, 0) is 55.4 Å². The number of carbonyl (C=O) groups is 3. The van der Waals surface area contributed by atoms with E-state index in [9.17, 15) is 27.9 Å². The maximum absolute atomic E-state index is 13.4. The zero-order chi connectivity index (χ0) is 22.1. The third-order valence-electron chi connectivity index (χ3n) is 8.61. The minimum absolute atomic E-state index is 0.00378. The number of Topliss-reactive ketones (excluding diaryl/α,β-unsaturated/α-hetero) is 2. The number of hydrogen-bond donors (Lipinski definition) is 2. The van der Waals surface area contributed by atoms with Crippen LogP contribution in [0, 0.1) is 28.6 Å². The van der Waals surface area contributed by atoms with Crippen LogP contribution in [0.5, 0.6) is 0 Å². The SMILES string of the molecule is C[C@]12CCC(=O)C=C1CC[C@@H]1[C@@H]2C(=O)C[C@@]2(C)[C@H]1CC[C@]2(O)C(=O)COS(=O)(=O)O. The van der Waals surface area contributed by atoms with Gasteiger partial charge < -0.3 is 5.11 Å². The van der Waals surface area contributed by atoms with Crippen molar-refractivity contribution in [1.29, 1.82) is 0 Å². The van der Waals surface area contributed by atoms with Crippen LogP contribution in [0.4, 0.5) is 0 Å². The summed E-state index contributed by atoms with van der Waals surface area (Å²) >= 11 is 0. The van der Waals surface area contributed by atoms with Crippen LogP contribution in [-0.4, -0.2) is 47.6 Å². The van der Waals surface area contributed by atoms with E-state index in [1.807, 2.05) is 0 Å². The van der Waals surface area contributed by atoms with E-state index in [0.29, 0.717) is 19.3 Å². The number of aliphatic hydroxyl groups is 1. The fraction of sp³-hybridized carbons (Fsp3) is 0.762. The van der Waals surface area contributed by atoms with Crippen molar-refractivity contribution in [3.05, 3.63) is 11.6 Å². The van der Waals surface area contributed by atoms with E-state index in [1.54, 1.807) is 13.0 Å². The molecule has 0 saturated heterocycles. The van der Waals surface area contributed by atoms with Crippen LogP contribution in [0.3, 0.4) is 0 Å². The highest BCUT2D eigenvalue weighted by Crippen LogP contribution is 2.66.